The number of rotatable bonds is 9. The van der Waals surface area contributed by atoms with Crippen LogP contribution in [0.3, 0.4) is 0 Å². The summed E-state index contributed by atoms with van der Waals surface area (Å²) in [5, 5.41) is 11.4. The third kappa shape index (κ3) is 5.14. The first-order valence-electron chi connectivity index (χ1n) is 11.6. The SMILES string of the molecule is C=CCOC(=O)c1sc(N2C(=O)C(=O)/C(=C(/O)c3ccc(OCCC)cc3)C2c2cccnc2)nc1C. The number of ketones is 1. The Kier molecular flexibility index (Phi) is 7.78. The van der Waals surface area contributed by atoms with Gasteiger partial charge in [-0.15, -0.1) is 0 Å². The van der Waals surface area contributed by atoms with Gasteiger partial charge in [0.25, 0.3) is 5.78 Å². The lowest BCUT2D eigenvalue weighted by Crippen LogP contribution is -2.29. The predicted octanol–water partition coefficient (Wildman–Crippen LogP) is 4.60. The lowest BCUT2D eigenvalue weighted by atomic mass is 9.96. The Hall–Kier alpha value is -4.31. The van der Waals surface area contributed by atoms with Crippen LogP contribution < -0.4 is 9.64 Å². The minimum absolute atomic E-state index is 0.0218. The standard InChI is InChI=1S/C27H25N3O6S/c1-4-13-35-19-10-8-17(9-11-19)22(31)20-21(18-7-6-12-28-15-18)30(25(33)23(20)32)27-29-16(3)24(37-27)26(34)36-14-5-2/h5-12,15,21,31H,2,4,13-14H2,1,3H3/b22-20+. The Labute approximate surface area is 217 Å². The lowest BCUT2D eigenvalue weighted by molar-refractivity contribution is -0.132. The molecule has 0 aliphatic carbocycles. The summed E-state index contributed by atoms with van der Waals surface area (Å²) in [5.74, 6) is -2.08. The lowest BCUT2D eigenvalue weighted by Gasteiger charge is -2.22. The third-order valence-electron chi connectivity index (χ3n) is 5.55. The number of hydrogen-bond acceptors (Lipinski definition) is 9. The maximum atomic E-state index is 13.3. The Morgan fingerprint density at radius 2 is 2.00 bits per heavy atom. The molecule has 10 heteroatoms. The van der Waals surface area contributed by atoms with Gasteiger partial charge in [0.1, 0.15) is 23.0 Å². The quantitative estimate of drug-likeness (QED) is 0.143. The Bertz CT molecular complexity index is 1360. The number of aliphatic hydroxyl groups excluding tert-OH is 1. The fourth-order valence-electron chi connectivity index (χ4n) is 3.84. The topological polar surface area (TPSA) is 119 Å². The number of carbonyl (C=O) groups excluding carboxylic acids is 3. The predicted molar refractivity (Wildman–Crippen MR) is 139 cm³/mol. The van der Waals surface area contributed by atoms with Crippen molar-refractivity contribution in [1.29, 1.82) is 0 Å². The second kappa shape index (κ2) is 11.2. The van der Waals surface area contributed by atoms with Crippen LogP contribution in [0.2, 0.25) is 0 Å². The molecule has 2 aromatic heterocycles. The van der Waals surface area contributed by atoms with E-state index in [1.54, 1.807) is 49.5 Å². The average molecular weight is 520 g/mol. The van der Waals surface area contributed by atoms with Crippen molar-refractivity contribution in [3.63, 3.8) is 0 Å². The van der Waals surface area contributed by atoms with Crippen LogP contribution in [0, 0.1) is 6.92 Å². The molecule has 1 aliphatic rings. The molecule has 0 saturated carbocycles. The number of aryl methyl sites for hydroxylation is 1. The van der Waals surface area contributed by atoms with E-state index in [4.69, 9.17) is 9.47 Å². The fourth-order valence-corrected chi connectivity index (χ4v) is 4.83. The van der Waals surface area contributed by atoms with Crippen molar-refractivity contribution in [1.82, 2.24) is 9.97 Å². The molecule has 1 amide bonds. The number of aliphatic hydroxyl groups is 1. The first-order chi connectivity index (χ1) is 17.9. The Morgan fingerprint density at radius 3 is 2.65 bits per heavy atom. The molecule has 1 saturated heterocycles. The summed E-state index contributed by atoms with van der Waals surface area (Å²) in [5.41, 5.74) is 1.09. The first-order valence-corrected chi connectivity index (χ1v) is 12.4. The van der Waals surface area contributed by atoms with Gasteiger partial charge in [0.2, 0.25) is 0 Å². The first kappa shape index (κ1) is 25.8. The number of anilines is 1. The summed E-state index contributed by atoms with van der Waals surface area (Å²) in [7, 11) is 0. The third-order valence-corrected chi connectivity index (χ3v) is 6.69. The zero-order valence-electron chi connectivity index (χ0n) is 20.3. The van der Waals surface area contributed by atoms with Gasteiger partial charge in [-0.1, -0.05) is 37.0 Å². The van der Waals surface area contributed by atoms with Crippen LogP contribution in [-0.4, -0.2) is 45.9 Å². The number of amides is 1. The van der Waals surface area contributed by atoms with Crippen molar-refractivity contribution in [2.75, 3.05) is 18.1 Å². The van der Waals surface area contributed by atoms with Crippen LogP contribution >= 0.6 is 11.3 Å². The molecule has 1 N–H and O–H groups in total. The highest BCUT2D eigenvalue weighted by Gasteiger charge is 2.48. The molecule has 0 radical (unpaired) electrons. The Morgan fingerprint density at radius 1 is 1.24 bits per heavy atom. The number of hydrogen-bond donors (Lipinski definition) is 1. The molecule has 1 fully saturated rings. The van der Waals surface area contributed by atoms with Crippen molar-refractivity contribution in [2.45, 2.75) is 26.3 Å². The van der Waals surface area contributed by atoms with E-state index in [-0.39, 0.29) is 27.9 Å². The molecule has 190 valence electrons. The number of carbonyl (C=O) groups is 3. The molecule has 9 nitrogen and oxygen atoms in total. The Balaban J connectivity index is 1.80. The smallest absolute Gasteiger partial charge is 0.350 e. The molecular weight excluding hydrogens is 494 g/mol. The normalized spacial score (nSPS) is 16.6. The van der Waals surface area contributed by atoms with Gasteiger partial charge in [-0.25, -0.2) is 9.78 Å². The zero-order chi connectivity index (χ0) is 26.5. The zero-order valence-corrected chi connectivity index (χ0v) is 21.2. The highest BCUT2D eigenvalue weighted by atomic mass is 32.1. The molecule has 1 atom stereocenters. The van der Waals surface area contributed by atoms with Crippen LogP contribution in [0.25, 0.3) is 5.76 Å². The molecule has 4 rings (SSSR count). The van der Waals surface area contributed by atoms with E-state index >= 15 is 0 Å². The molecule has 37 heavy (non-hydrogen) atoms. The van der Waals surface area contributed by atoms with E-state index in [9.17, 15) is 19.5 Å². The molecule has 3 aromatic rings. The van der Waals surface area contributed by atoms with Gasteiger partial charge in [0.05, 0.1) is 23.9 Å². The number of aromatic nitrogens is 2. The highest BCUT2D eigenvalue weighted by molar-refractivity contribution is 7.17. The average Bonchev–Trinajstić information content (AvgIpc) is 3.43. The number of ether oxygens (including phenoxy) is 2. The summed E-state index contributed by atoms with van der Waals surface area (Å²) in [6, 6.07) is 8.97. The number of thiazole rings is 1. The fraction of sp³-hybridized carbons (Fsp3) is 0.222. The minimum atomic E-state index is -1.01. The van der Waals surface area contributed by atoms with Crippen molar-refractivity contribution in [3.05, 3.63) is 88.7 Å². The largest absolute Gasteiger partial charge is 0.507 e. The van der Waals surface area contributed by atoms with E-state index < -0.39 is 23.7 Å². The van der Waals surface area contributed by atoms with Gasteiger partial charge in [0.15, 0.2) is 5.13 Å². The molecule has 1 aromatic carbocycles. The maximum absolute atomic E-state index is 13.3. The molecular formula is C27H25N3O6S. The van der Waals surface area contributed by atoms with Crippen LogP contribution in [0.1, 0.15) is 45.9 Å². The summed E-state index contributed by atoms with van der Waals surface area (Å²) in [4.78, 5) is 48.9. The highest BCUT2D eigenvalue weighted by Crippen LogP contribution is 2.43. The van der Waals surface area contributed by atoms with Crippen LogP contribution in [-0.2, 0) is 14.3 Å². The molecule has 1 unspecified atom stereocenters. The van der Waals surface area contributed by atoms with Crippen molar-refractivity contribution in [3.8, 4) is 5.75 Å². The monoisotopic (exact) mass is 519 g/mol. The van der Waals surface area contributed by atoms with Crippen molar-refractivity contribution >= 4 is 39.9 Å². The summed E-state index contributed by atoms with van der Waals surface area (Å²) >= 11 is 0.930. The summed E-state index contributed by atoms with van der Waals surface area (Å²) < 4.78 is 10.7. The summed E-state index contributed by atoms with van der Waals surface area (Å²) in [6.07, 6.45) is 5.36. The van der Waals surface area contributed by atoms with Crippen LogP contribution in [0.15, 0.2) is 67.0 Å². The molecule has 1 aliphatic heterocycles. The number of Topliss-reactive ketones (excluding diaryl/α,β-unsaturated/α-hetero) is 1. The number of pyridine rings is 1. The van der Waals surface area contributed by atoms with E-state index in [1.165, 1.54) is 17.2 Å². The van der Waals surface area contributed by atoms with Gasteiger partial charge < -0.3 is 14.6 Å². The van der Waals surface area contributed by atoms with Crippen molar-refractivity contribution < 1.29 is 29.0 Å². The van der Waals surface area contributed by atoms with Crippen LogP contribution in [0.4, 0.5) is 5.13 Å². The van der Waals surface area contributed by atoms with E-state index in [1.807, 2.05) is 6.92 Å². The van der Waals surface area contributed by atoms with E-state index in [0.29, 0.717) is 29.2 Å². The second-order valence-corrected chi connectivity index (χ2v) is 9.10. The summed E-state index contributed by atoms with van der Waals surface area (Å²) in [6.45, 7) is 7.70. The van der Waals surface area contributed by atoms with Gasteiger partial charge in [-0.2, -0.15) is 0 Å². The maximum Gasteiger partial charge on any atom is 0.350 e. The number of benzene rings is 1. The van der Waals surface area contributed by atoms with E-state index in [0.717, 1.165) is 17.8 Å². The van der Waals surface area contributed by atoms with Crippen molar-refractivity contribution in [2.24, 2.45) is 0 Å². The van der Waals surface area contributed by atoms with Gasteiger partial charge in [-0.3, -0.25) is 19.5 Å². The molecule has 0 bridgehead atoms. The van der Waals surface area contributed by atoms with Gasteiger partial charge >= 0.3 is 11.9 Å². The minimum Gasteiger partial charge on any atom is -0.507 e. The number of nitrogens with zero attached hydrogens (tertiary/aromatic N) is 3. The number of esters is 1. The molecule has 3 heterocycles. The van der Waals surface area contributed by atoms with Crippen LogP contribution in [0.5, 0.6) is 5.75 Å². The van der Waals surface area contributed by atoms with Gasteiger partial charge in [-0.05, 0) is 49.2 Å². The second-order valence-electron chi connectivity index (χ2n) is 8.13. The van der Waals surface area contributed by atoms with E-state index in [2.05, 4.69) is 16.5 Å². The molecule has 0 spiro atoms. The van der Waals surface area contributed by atoms with Gasteiger partial charge in [0, 0.05) is 18.0 Å².